The van der Waals surface area contributed by atoms with Crippen LogP contribution in [0.3, 0.4) is 0 Å². The third kappa shape index (κ3) is 5.16. The molecule has 1 aliphatic rings. The van der Waals surface area contributed by atoms with E-state index >= 15 is 0 Å². The Balaban J connectivity index is 1.44. The van der Waals surface area contributed by atoms with Crippen molar-refractivity contribution in [2.45, 2.75) is 25.4 Å². The summed E-state index contributed by atoms with van der Waals surface area (Å²) >= 11 is 0. The molecule has 1 amide bonds. The minimum atomic E-state index is -0.232. The summed E-state index contributed by atoms with van der Waals surface area (Å²) in [5.41, 5.74) is 8.57. The molecule has 4 heteroatoms. The number of nitrogens with two attached hydrogens (primary N) is 1. The average Bonchev–Trinajstić information content (AvgIpc) is 3.10. The number of amides is 1. The largest absolute Gasteiger partial charge is 0.345 e. The molecule has 2 atom stereocenters. The van der Waals surface area contributed by atoms with Gasteiger partial charge in [0.15, 0.2) is 0 Å². The third-order valence-electron chi connectivity index (χ3n) is 5.20. The zero-order chi connectivity index (χ0) is 18.4. The van der Waals surface area contributed by atoms with Crippen molar-refractivity contribution in [3.05, 3.63) is 71.8 Å². The van der Waals surface area contributed by atoms with Crippen LogP contribution in [0.1, 0.15) is 30.0 Å². The minimum absolute atomic E-state index is 0.128. The van der Waals surface area contributed by atoms with Gasteiger partial charge < -0.3 is 10.6 Å². The van der Waals surface area contributed by atoms with E-state index in [0.717, 1.165) is 38.2 Å². The fraction of sp³-hybridized carbons (Fsp3) is 0.409. The molecule has 1 fully saturated rings. The molecule has 3 rings (SSSR count). The highest BCUT2D eigenvalue weighted by molar-refractivity contribution is 5.76. The first-order valence-electron chi connectivity index (χ1n) is 9.42. The van der Waals surface area contributed by atoms with Gasteiger partial charge in [-0.25, -0.2) is 0 Å². The van der Waals surface area contributed by atoms with Gasteiger partial charge in [-0.15, -0.1) is 0 Å². The monoisotopic (exact) mass is 351 g/mol. The first-order valence-corrected chi connectivity index (χ1v) is 9.42. The Morgan fingerprint density at radius 2 is 1.81 bits per heavy atom. The summed E-state index contributed by atoms with van der Waals surface area (Å²) in [5, 5.41) is 0. The quantitative estimate of drug-likeness (QED) is 0.834. The maximum Gasteiger partial charge on any atom is 0.224 e. The summed E-state index contributed by atoms with van der Waals surface area (Å²) in [6.45, 7) is 3.96. The molecule has 2 unspecified atom stereocenters. The highest BCUT2D eigenvalue weighted by atomic mass is 16.2. The molecule has 0 radical (unpaired) electrons. The molecule has 1 heterocycles. The Morgan fingerprint density at radius 3 is 2.50 bits per heavy atom. The molecule has 2 aromatic rings. The van der Waals surface area contributed by atoms with Gasteiger partial charge in [0.1, 0.15) is 0 Å². The normalized spacial score (nSPS) is 18.6. The van der Waals surface area contributed by atoms with E-state index in [1.165, 1.54) is 5.56 Å². The number of carbonyl (C=O) groups is 1. The lowest BCUT2D eigenvalue weighted by Crippen LogP contribution is -2.34. The number of benzene rings is 2. The molecule has 0 saturated carbocycles. The summed E-state index contributed by atoms with van der Waals surface area (Å²) in [6.07, 6.45) is 1.51. The van der Waals surface area contributed by atoms with E-state index in [4.69, 9.17) is 5.73 Å². The highest BCUT2D eigenvalue weighted by Gasteiger charge is 2.25. The Hall–Kier alpha value is -2.17. The van der Waals surface area contributed by atoms with Crippen molar-refractivity contribution in [1.29, 1.82) is 0 Å². The van der Waals surface area contributed by atoms with Gasteiger partial charge in [-0.05, 0) is 30.0 Å². The Morgan fingerprint density at radius 1 is 1.15 bits per heavy atom. The molecule has 4 nitrogen and oxygen atoms in total. The zero-order valence-electron chi connectivity index (χ0n) is 15.6. The number of hydrogen-bond donors (Lipinski definition) is 1. The maximum absolute atomic E-state index is 12.5. The standard InChI is InChI=1S/C22H29N3O/c1-24(22(26)14-21(23)20-10-6-3-7-11-20)15-19-12-13-25(17-19)16-18-8-4-2-5-9-18/h2-11,19,21H,12-17,23H2,1H3. The third-order valence-corrected chi connectivity index (χ3v) is 5.20. The van der Waals surface area contributed by atoms with Gasteiger partial charge in [-0.3, -0.25) is 9.69 Å². The van der Waals surface area contributed by atoms with Crippen molar-refractivity contribution in [3.8, 4) is 0 Å². The Bertz CT molecular complexity index is 689. The van der Waals surface area contributed by atoms with Gasteiger partial charge in [-0.1, -0.05) is 60.7 Å². The van der Waals surface area contributed by atoms with Gasteiger partial charge >= 0.3 is 0 Å². The molecule has 0 spiro atoms. The van der Waals surface area contributed by atoms with Crippen molar-refractivity contribution >= 4 is 5.91 Å². The van der Waals surface area contributed by atoms with Crippen LogP contribution >= 0.6 is 0 Å². The van der Waals surface area contributed by atoms with Crippen molar-refractivity contribution in [1.82, 2.24) is 9.80 Å². The van der Waals surface area contributed by atoms with Crippen LogP contribution in [0.15, 0.2) is 60.7 Å². The summed E-state index contributed by atoms with van der Waals surface area (Å²) in [7, 11) is 1.90. The molecule has 0 aromatic heterocycles. The first-order chi connectivity index (χ1) is 12.6. The van der Waals surface area contributed by atoms with Crippen molar-refractivity contribution in [2.24, 2.45) is 11.7 Å². The Labute approximate surface area is 156 Å². The average molecular weight is 351 g/mol. The molecular formula is C22H29N3O. The second-order valence-corrected chi connectivity index (χ2v) is 7.37. The van der Waals surface area contributed by atoms with Gasteiger partial charge in [-0.2, -0.15) is 0 Å². The van der Waals surface area contributed by atoms with E-state index in [9.17, 15) is 4.79 Å². The number of hydrogen-bond acceptors (Lipinski definition) is 3. The SMILES string of the molecule is CN(CC1CCN(Cc2ccccc2)C1)C(=O)CC(N)c1ccccc1. The van der Waals surface area contributed by atoms with E-state index in [-0.39, 0.29) is 11.9 Å². The van der Waals surface area contributed by atoms with Gasteiger partial charge in [0, 0.05) is 39.1 Å². The molecule has 1 saturated heterocycles. The number of rotatable bonds is 7. The lowest BCUT2D eigenvalue weighted by Gasteiger charge is -2.23. The van der Waals surface area contributed by atoms with Gasteiger partial charge in [0.05, 0.1) is 0 Å². The van der Waals surface area contributed by atoms with Crippen LogP contribution < -0.4 is 5.73 Å². The summed E-state index contributed by atoms with van der Waals surface area (Å²) in [5.74, 6) is 0.670. The molecule has 1 aliphatic heterocycles. The van der Waals surface area contributed by atoms with E-state index in [1.54, 1.807) is 0 Å². The molecule has 138 valence electrons. The summed E-state index contributed by atoms with van der Waals surface area (Å²) < 4.78 is 0. The van der Waals surface area contributed by atoms with E-state index in [1.807, 2.05) is 42.3 Å². The van der Waals surface area contributed by atoms with Crippen molar-refractivity contribution in [2.75, 3.05) is 26.7 Å². The fourth-order valence-electron chi connectivity index (χ4n) is 3.70. The number of nitrogens with zero attached hydrogens (tertiary/aromatic N) is 2. The van der Waals surface area contributed by atoms with Crippen molar-refractivity contribution in [3.63, 3.8) is 0 Å². The molecule has 0 bridgehead atoms. The van der Waals surface area contributed by atoms with Crippen LogP contribution in [0.2, 0.25) is 0 Å². The predicted octanol–water partition coefficient (Wildman–Crippen LogP) is 3.06. The first kappa shape index (κ1) is 18.6. The minimum Gasteiger partial charge on any atom is -0.345 e. The smallest absolute Gasteiger partial charge is 0.224 e. The van der Waals surface area contributed by atoms with Crippen LogP contribution in [-0.2, 0) is 11.3 Å². The predicted molar refractivity (Wildman–Crippen MR) is 105 cm³/mol. The second-order valence-electron chi connectivity index (χ2n) is 7.37. The van der Waals surface area contributed by atoms with Gasteiger partial charge in [0.25, 0.3) is 0 Å². The van der Waals surface area contributed by atoms with Crippen LogP contribution in [0, 0.1) is 5.92 Å². The van der Waals surface area contributed by atoms with Crippen molar-refractivity contribution < 1.29 is 4.79 Å². The van der Waals surface area contributed by atoms with Crippen LogP contribution in [-0.4, -0.2) is 42.4 Å². The van der Waals surface area contributed by atoms with E-state index in [2.05, 4.69) is 35.2 Å². The molecule has 2 aromatic carbocycles. The molecular weight excluding hydrogens is 322 g/mol. The lowest BCUT2D eigenvalue weighted by molar-refractivity contribution is -0.130. The number of carbonyl (C=O) groups excluding carboxylic acids is 1. The van der Waals surface area contributed by atoms with Crippen LogP contribution in [0.5, 0.6) is 0 Å². The molecule has 26 heavy (non-hydrogen) atoms. The van der Waals surface area contributed by atoms with Crippen LogP contribution in [0.4, 0.5) is 0 Å². The fourth-order valence-corrected chi connectivity index (χ4v) is 3.70. The molecule has 2 N–H and O–H groups in total. The highest BCUT2D eigenvalue weighted by Crippen LogP contribution is 2.21. The topological polar surface area (TPSA) is 49.6 Å². The Kier molecular flexibility index (Phi) is 6.42. The zero-order valence-corrected chi connectivity index (χ0v) is 15.6. The lowest BCUT2D eigenvalue weighted by atomic mass is 10.0. The maximum atomic E-state index is 12.5. The van der Waals surface area contributed by atoms with E-state index in [0.29, 0.717) is 12.3 Å². The van der Waals surface area contributed by atoms with Gasteiger partial charge in [0.2, 0.25) is 5.91 Å². The number of likely N-dealkylation sites (tertiary alicyclic amines) is 1. The summed E-state index contributed by atoms with van der Waals surface area (Å²) in [4.78, 5) is 16.9. The second kappa shape index (κ2) is 8.97. The summed E-state index contributed by atoms with van der Waals surface area (Å²) in [6, 6.07) is 20.2. The van der Waals surface area contributed by atoms with E-state index < -0.39 is 0 Å². The van der Waals surface area contributed by atoms with Crippen LogP contribution in [0.25, 0.3) is 0 Å². The molecule has 0 aliphatic carbocycles.